The van der Waals surface area contributed by atoms with Crippen molar-refractivity contribution < 1.29 is 14.3 Å². The van der Waals surface area contributed by atoms with Crippen LogP contribution < -0.4 is 19.7 Å². The third kappa shape index (κ3) is 5.15. The van der Waals surface area contributed by atoms with E-state index < -0.39 is 0 Å². The maximum absolute atomic E-state index is 11.9. The quantitative estimate of drug-likeness (QED) is 0.792. The van der Waals surface area contributed by atoms with E-state index in [1.54, 1.807) is 19.2 Å². The molecule has 2 aromatic rings. The molecule has 0 aromatic heterocycles. The standard InChI is InChI=1S/C21H26N2O3/c1-25-19-5-4-6-20(15-19)26-16-21(24)22-12-11-17-7-9-18(10-8-17)23-13-2-3-14-23/h4-10,15H,2-3,11-14,16H2,1H3,(H,22,24). The predicted octanol–water partition coefficient (Wildman–Crippen LogP) is 3.03. The Morgan fingerprint density at radius 3 is 2.54 bits per heavy atom. The zero-order chi connectivity index (χ0) is 18.2. The van der Waals surface area contributed by atoms with Crippen LogP contribution in [0.25, 0.3) is 0 Å². The number of carbonyl (C=O) groups excluding carboxylic acids is 1. The first kappa shape index (κ1) is 18.1. The normalized spacial score (nSPS) is 13.5. The maximum Gasteiger partial charge on any atom is 0.257 e. The van der Waals surface area contributed by atoms with Crippen LogP contribution in [0.3, 0.4) is 0 Å². The van der Waals surface area contributed by atoms with Crippen LogP contribution >= 0.6 is 0 Å². The van der Waals surface area contributed by atoms with Crippen LogP contribution in [0, 0.1) is 0 Å². The Balaban J connectivity index is 1.37. The van der Waals surface area contributed by atoms with Gasteiger partial charge in [-0.15, -0.1) is 0 Å². The highest BCUT2D eigenvalue weighted by Gasteiger charge is 2.11. The van der Waals surface area contributed by atoms with E-state index in [4.69, 9.17) is 9.47 Å². The van der Waals surface area contributed by atoms with Crippen LogP contribution in [0.15, 0.2) is 48.5 Å². The fourth-order valence-corrected chi connectivity index (χ4v) is 3.09. The molecule has 1 aliphatic rings. The van der Waals surface area contributed by atoms with Crippen molar-refractivity contribution >= 4 is 11.6 Å². The summed E-state index contributed by atoms with van der Waals surface area (Å²) in [4.78, 5) is 14.3. The summed E-state index contributed by atoms with van der Waals surface area (Å²) in [5.41, 5.74) is 2.52. The van der Waals surface area contributed by atoms with Gasteiger partial charge >= 0.3 is 0 Å². The molecule has 0 atom stereocenters. The minimum Gasteiger partial charge on any atom is -0.497 e. The van der Waals surface area contributed by atoms with Crippen molar-refractivity contribution in [2.45, 2.75) is 19.3 Å². The fourth-order valence-electron chi connectivity index (χ4n) is 3.09. The van der Waals surface area contributed by atoms with Crippen molar-refractivity contribution in [2.24, 2.45) is 0 Å². The molecule has 1 aliphatic heterocycles. The number of benzene rings is 2. The Kier molecular flexibility index (Phi) is 6.36. The van der Waals surface area contributed by atoms with Gasteiger partial charge in [-0.05, 0) is 49.1 Å². The number of hydrogen-bond donors (Lipinski definition) is 1. The van der Waals surface area contributed by atoms with Gasteiger partial charge in [-0.2, -0.15) is 0 Å². The lowest BCUT2D eigenvalue weighted by Gasteiger charge is -2.17. The summed E-state index contributed by atoms with van der Waals surface area (Å²) in [6.45, 7) is 2.91. The SMILES string of the molecule is COc1cccc(OCC(=O)NCCc2ccc(N3CCCC3)cc2)c1. The number of anilines is 1. The third-order valence-corrected chi connectivity index (χ3v) is 4.55. The summed E-state index contributed by atoms with van der Waals surface area (Å²) in [5, 5.41) is 2.89. The topological polar surface area (TPSA) is 50.8 Å². The average molecular weight is 354 g/mol. The molecule has 1 amide bonds. The zero-order valence-corrected chi connectivity index (χ0v) is 15.2. The lowest BCUT2D eigenvalue weighted by Crippen LogP contribution is -2.30. The minimum absolute atomic E-state index is 0.00106. The van der Waals surface area contributed by atoms with Gasteiger partial charge in [-0.3, -0.25) is 4.79 Å². The van der Waals surface area contributed by atoms with E-state index in [-0.39, 0.29) is 12.5 Å². The number of amides is 1. The molecule has 5 nitrogen and oxygen atoms in total. The monoisotopic (exact) mass is 354 g/mol. The molecule has 2 aromatic carbocycles. The number of carbonyl (C=O) groups is 1. The largest absolute Gasteiger partial charge is 0.497 e. The highest BCUT2D eigenvalue weighted by atomic mass is 16.5. The number of nitrogens with one attached hydrogen (secondary N) is 1. The van der Waals surface area contributed by atoms with Crippen LogP contribution in [0.2, 0.25) is 0 Å². The molecule has 3 rings (SSSR count). The molecule has 0 bridgehead atoms. The Labute approximate surface area is 154 Å². The number of methoxy groups -OCH3 is 1. The highest BCUT2D eigenvalue weighted by Crippen LogP contribution is 2.20. The minimum atomic E-state index is -0.124. The predicted molar refractivity (Wildman–Crippen MR) is 103 cm³/mol. The van der Waals surface area contributed by atoms with E-state index in [2.05, 4.69) is 34.5 Å². The van der Waals surface area contributed by atoms with Crippen LogP contribution in [0.4, 0.5) is 5.69 Å². The average Bonchev–Trinajstić information content (AvgIpc) is 3.22. The summed E-state index contributed by atoms with van der Waals surface area (Å²) < 4.78 is 10.6. The molecule has 1 fully saturated rings. The third-order valence-electron chi connectivity index (χ3n) is 4.55. The molecule has 1 saturated heterocycles. The molecule has 138 valence electrons. The molecule has 0 unspecified atom stereocenters. The molecule has 26 heavy (non-hydrogen) atoms. The van der Waals surface area contributed by atoms with E-state index in [0.29, 0.717) is 18.0 Å². The Bertz CT molecular complexity index is 709. The van der Waals surface area contributed by atoms with E-state index in [0.717, 1.165) is 19.5 Å². The van der Waals surface area contributed by atoms with Gasteiger partial charge in [-0.25, -0.2) is 0 Å². The second-order valence-electron chi connectivity index (χ2n) is 6.43. The lowest BCUT2D eigenvalue weighted by atomic mass is 10.1. The molecule has 1 N–H and O–H groups in total. The van der Waals surface area contributed by atoms with Gasteiger partial charge in [0.05, 0.1) is 7.11 Å². The lowest BCUT2D eigenvalue weighted by molar-refractivity contribution is -0.123. The molecular formula is C21H26N2O3. The van der Waals surface area contributed by atoms with Crippen LogP contribution in [-0.2, 0) is 11.2 Å². The zero-order valence-electron chi connectivity index (χ0n) is 15.2. The Morgan fingerprint density at radius 2 is 1.81 bits per heavy atom. The van der Waals surface area contributed by atoms with E-state index in [1.807, 2.05) is 12.1 Å². The van der Waals surface area contributed by atoms with E-state index >= 15 is 0 Å². The van der Waals surface area contributed by atoms with Gasteiger partial charge in [0, 0.05) is 31.4 Å². The first-order valence-electron chi connectivity index (χ1n) is 9.12. The van der Waals surface area contributed by atoms with Crippen molar-refractivity contribution in [3.8, 4) is 11.5 Å². The van der Waals surface area contributed by atoms with Crippen molar-refractivity contribution in [3.63, 3.8) is 0 Å². The molecule has 0 spiro atoms. The molecular weight excluding hydrogens is 328 g/mol. The van der Waals surface area contributed by atoms with Gasteiger partial charge in [0.25, 0.3) is 5.91 Å². The van der Waals surface area contributed by atoms with Gasteiger partial charge in [0.1, 0.15) is 11.5 Å². The van der Waals surface area contributed by atoms with Gasteiger partial charge in [0.15, 0.2) is 6.61 Å². The first-order chi connectivity index (χ1) is 12.7. The second-order valence-corrected chi connectivity index (χ2v) is 6.43. The van der Waals surface area contributed by atoms with Gasteiger partial charge < -0.3 is 19.7 Å². The smallest absolute Gasteiger partial charge is 0.257 e. The molecule has 0 saturated carbocycles. The van der Waals surface area contributed by atoms with Crippen LogP contribution in [-0.4, -0.2) is 39.3 Å². The van der Waals surface area contributed by atoms with Gasteiger partial charge in [0.2, 0.25) is 0 Å². The molecule has 1 heterocycles. The number of nitrogens with zero attached hydrogens (tertiary/aromatic N) is 1. The second kappa shape index (κ2) is 9.13. The van der Waals surface area contributed by atoms with E-state index in [1.165, 1.54) is 24.1 Å². The Morgan fingerprint density at radius 1 is 1.08 bits per heavy atom. The highest BCUT2D eigenvalue weighted by molar-refractivity contribution is 5.77. The summed E-state index contributed by atoms with van der Waals surface area (Å²) in [6.07, 6.45) is 3.38. The van der Waals surface area contributed by atoms with Crippen LogP contribution in [0.5, 0.6) is 11.5 Å². The summed E-state index contributed by atoms with van der Waals surface area (Å²) in [6, 6.07) is 15.9. The van der Waals surface area contributed by atoms with Gasteiger partial charge in [-0.1, -0.05) is 18.2 Å². The van der Waals surface area contributed by atoms with Crippen molar-refractivity contribution in [1.82, 2.24) is 5.32 Å². The number of hydrogen-bond acceptors (Lipinski definition) is 4. The number of ether oxygens (including phenoxy) is 2. The van der Waals surface area contributed by atoms with Crippen molar-refractivity contribution in [3.05, 3.63) is 54.1 Å². The molecule has 0 aliphatic carbocycles. The first-order valence-corrected chi connectivity index (χ1v) is 9.12. The molecule has 0 radical (unpaired) electrons. The van der Waals surface area contributed by atoms with Crippen LogP contribution in [0.1, 0.15) is 18.4 Å². The summed E-state index contributed by atoms with van der Waals surface area (Å²) in [7, 11) is 1.60. The fraction of sp³-hybridized carbons (Fsp3) is 0.381. The van der Waals surface area contributed by atoms with E-state index in [9.17, 15) is 4.79 Å². The summed E-state index contributed by atoms with van der Waals surface area (Å²) >= 11 is 0. The van der Waals surface area contributed by atoms with Crippen molar-refractivity contribution in [1.29, 1.82) is 0 Å². The molecule has 5 heteroatoms. The Hall–Kier alpha value is -2.69. The van der Waals surface area contributed by atoms with Crippen molar-refractivity contribution in [2.75, 3.05) is 38.3 Å². The maximum atomic E-state index is 11.9. The summed E-state index contributed by atoms with van der Waals surface area (Å²) in [5.74, 6) is 1.21. The number of rotatable bonds is 8.